The molecule has 7 nitrogen and oxygen atoms in total. The summed E-state index contributed by atoms with van der Waals surface area (Å²) < 4.78 is 28.7. The predicted octanol–water partition coefficient (Wildman–Crippen LogP) is 6.57. The molecule has 0 aliphatic carbocycles. The Morgan fingerprint density at radius 2 is 1.50 bits per heavy atom. The van der Waals surface area contributed by atoms with E-state index in [1.165, 1.54) is 35.2 Å². The smallest absolute Gasteiger partial charge is 0.264 e. The first-order valence-corrected chi connectivity index (χ1v) is 15.5. The number of benzene rings is 3. The lowest BCUT2D eigenvalue weighted by atomic mass is 10.1. The van der Waals surface area contributed by atoms with Gasteiger partial charge in [0.05, 0.1) is 10.6 Å². The van der Waals surface area contributed by atoms with Crippen LogP contribution in [0.25, 0.3) is 0 Å². The highest BCUT2D eigenvalue weighted by molar-refractivity contribution is 7.92. The third-order valence-electron chi connectivity index (χ3n) is 6.26. The Kier molecular flexibility index (Phi) is 11.7. The van der Waals surface area contributed by atoms with E-state index in [-0.39, 0.29) is 23.0 Å². The molecule has 0 fully saturated rings. The van der Waals surface area contributed by atoms with Crippen LogP contribution in [0.1, 0.15) is 38.7 Å². The molecule has 0 aliphatic heterocycles. The second kappa shape index (κ2) is 14.7. The van der Waals surface area contributed by atoms with Gasteiger partial charge in [-0.1, -0.05) is 73.3 Å². The lowest BCUT2D eigenvalue weighted by Crippen LogP contribution is -2.52. The summed E-state index contributed by atoms with van der Waals surface area (Å²) in [6.45, 7) is 3.84. The lowest BCUT2D eigenvalue weighted by Gasteiger charge is -2.33. The number of rotatable bonds is 13. The highest BCUT2D eigenvalue weighted by Crippen LogP contribution is 2.28. The van der Waals surface area contributed by atoms with Gasteiger partial charge in [0.1, 0.15) is 12.6 Å². The van der Waals surface area contributed by atoms with Crippen molar-refractivity contribution in [2.24, 2.45) is 0 Å². The molecule has 0 spiro atoms. The molecule has 0 saturated heterocycles. The van der Waals surface area contributed by atoms with Gasteiger partial charge in [-0.15, -0.1) is 0 Å². The molecule has 214 valence electrons. The molecule has 40 heavy (non-hydrogen) atoms. The predicted molar refractivity (Wildman–Crippen MR) is 161 cm³/mol. The zero-order chi connectivity index (χ0) is 29.3. The van der Waals surface area contributed by atoms with Gasteiger partial charge in [0.2, 0.25) is 11.8 Å². The number of unbranched alkanes of at least 4 members (excludes halogenated alkanes) is 1. The maximum absolute atomic E-state index is 14.0. The Labute approximate surface area is 251 Å². The molecule has 3 rings (SSSR count). The molecule has 0 aromatic heterocycles. The zero-order valence-corrected chi connectivity index (χ0v) is 25.4. The van der Waals surface area contributed by atoms with E-state index in [9.17, 15) is 18.0 Å². The molecule has 11 heteroatoms. The van der Waals surface area contributed by atoms with Crippen LogP contribution in [0.3, 0.4) is 0 Å². The van der Waals surface area contributed by atoms with Crippen LogP contribution in [-0.2, 0) is 26.2 Å². The molecule has 1 atom stereocenters. The monoisotopic (exact) mass is 623 g/mol. The zero-order valence-electron chi connectivity index (χ0n) is 22.3. The van der Waals surface area contributed by atoms with Crippen LogP contribution in [0.2, 0.25) is 15.1 Å². The summed E-state index contributed by atoms with van der Waals surface area (Å²) in [5.41, 5.74) is 0.954. The van der Waals surface area contributed by atoms with E-state index in [4.69, 9.17) is 34.8 Å². The van der Waals surface area contributed by atoms with Gasteiger partial charge in [-0.25, -0.2) is 8.42 Å². The van der Waals surface area contributed by atoms with Crippen LogP contribution >= 0.6 is 34.8 Å². The SMILES string of the molecule is CCCCNC(=O)C(CC)N(Cc1ccc(Cl)cc1)C(=O)CN(c1cccc(Cl)c1)S(=O)(=O)c1ccc(Cl)cc1. The minimum Gasteiger partial charge on any atom is -0.354 e. The molecule has 3 aromatic rings. The molecule has 0 bridgehead atoms. The van der Waals surface area contributed by atoms with Crippen molar-refractivity contribution >= 4 is 62.3 Å². The fourth-order valence-electron chi connectivity index (χ4n) is 4.11. The minimum absolute atomic E-state index is 0.0433. The summed E-state index contributed by atoms with van der Waals surface area (Å²) in [5, 5.41) is 4.12. The van der Waals surface area contributed by atoms with Gasteiger partial charge in [-0.3, -0.25) is 13.9 Å². The second-order valence-corrected chi connectivity index (χ2v) is 12.3. The van der Waals surface area contributed by atoms with E-state index in [1.54, 1.807) is 42.5 Å². The number of hydrogen-bond acceptors (Lipinski definition) is 4. The Balaban J connectivity index is 2.03. The Morgan fingerprint density at radius 1 is 0.875 bits per heavy atom. The van der Waals surface area contributed by atoms with E-state index >= 15 is 0 Å². The van der Waals surface area contributed by atoms with Crippen molar-refractivity contribution in [2.75, 3.05) is 17.4 Å². The number of sulfonamides is 1. The van der Waals surface area contributed by atoms with Crippen molar-refractivity contribution in [1.29, 1.82) is 0 Å². The van der Waals surface area contributed by atoms with Gasteiger partial charge >= 0.3 is 0 Å². The summed E-state index contributed by atoms with van der Waals surface area (Å²) in [5.74, 6) is -0.849. The van der Waals surface area contributed by atoms with Crippen LogP contribution in [0, 0.1) is 0 Å². The number of nitrogens with one attached hydrogen (secondary N) is 1. The van der Waals surface area contributed by atoms with Crippen LogP contribution in [0.5, 0.6) is 0 Å². The molecule has 0 saturated carbocycles. The van der Waals surface area contributed by atoms with Gasteiger partial charge in [-0.05, 0) is 73.0 Å². The first-order chi connectivity index (χ1) is 19.1. The summed E-state index contributed by atoms with van der Waals surface area (Å²) in [6, 6.07) is 18.0. The first kappa shape index (κ1) is 31.7. The molecule has 2 amide bonds. The fraction of sp³-hybridized carbons (Fsp3) is 0.310. The average Bonchev–Trinajstić information content (AvgIpc) is 2.93. The van der Waals surface area contributed by atoms with Gasteiger partial charge in [0.25, 0.3) is 10.0 Å². The van der Waals surface area contributed by atoms with E-state index in [0.717, 1.165) is 22.7 Å². The number of carbonyl (C=O) groups excluding carboxylic acids is 2. The van der Waals surface area contributed by atoms with E-state index < -0.39 is 28.5 Å². The maximum atomic E-state index is 14.0. The van der Waals surface area contributed by atoms with Gasteiger partial charge in [0.15, 0.2) is 0 Å². The van der Waals surface area contributed by atoms with Crippen molar-refractivity contribution in [3.63, 3.8) is 0 Å². The molecule has 1 unspecified atom stereocenters. The third-order valence-corrected chi connectivity index (χ3v) is 8.79. The van der Waals surface area contributed by atoms with E-state index in [0.29, 0.717) is 28.0 Å². The van der Waals surface area contributed by atoms with Crippen molar-refractivity contribution < 1.29 is 18.0 Å². The molecule has 0 heterocycles. The quantitative estimate of drug-likeness (QED) is 0.218. The molecule has 3 aromatic carbocycles. The van der Waals surface area contributed by atoms with Crippen LogP contribution in [0.15, 0.2) is 77.7 Å². The number of halogens is 3. The Bertz CT molecular complexity index is 1400. The Hall–Kier alpha value is -2.78. The molecular weight excluding hydrogens is 593 g/mol. The summed E-state index contributed by atoms with van der Waals surface area (Å²) >= 11 is 18.2. The van der Waals surface area contributed by atoms with Crippen LogP contribution in [-0.4, -0.2) is 44.3 Å². The molecule has 0 aliphatic rings. The number of carbonyl (C=O) groups is 2. The highest BCUT2D eigenvalue weighted by atomic mass is 35.5. The summed E-state index contributed by atoms with van der Waals surface area (Å²) in [6.07, 6.45) is 2.04. The van der Waals surface area contributed by atoms with E-state index in [1.807, 2.05) is 13.8 Å². The third kappa shape index (κ3) is 8.36. The standard InChI is InChI=1S/C29H32Cl3N3O4S/c1-3-5-17-33-29(37)27(4-2)34(19-21-9-11-22(30)12-10-21)28(36)20-35(25-8-6-7-24(32)18-25)40(38,39)26-15-13-23(31)14-16-26/h6-16,18,27H,3-5,17,19-20H2,1-2H3,(H,33,37). The van der Waals surface area contributed by atoms with Gasteiger partial charge in [0, 0.05) is 28.2 Å². The second-order valence-electron chi connectivity index (χ2n) is 9.16. The largest absolute Gasteiger partial charge is 0.354 e. The molecular formula is C29H32Cl3N3O4S. The number of anilines is 1. The topological polar surface area (TPSA) is 86.8 Å². The van der Waals surface area contributed by atoms with Crippen LogP contribution < -0.4 is 9.62 Å². The fourth-order valence-corrected chi connectivity index (χ4v) is 5.95. The Morgan fingerprint density at radius 3 is 2.08 bits per heavy atom. The minimum atomic E-state index is -4.21. The number of nitrogens with zero attached hydrogens (tertiary/aromatic N) is 2. The molecule has 1 N–H and O–H groups in total. The van der Waals surface area contributed by atoms with Crippen molar-refractivity contribution in [3.05, 3.63) is 93.4 Å². The summed E-state index contributed by atoms with van der Waals surface area (Å²) in [4.78, 5) is 28.6. The average molecular weight is 625 g/mol. The van der Waals surface area contributed by atoms with Crippen molar-refractivity contribution in [1.82, 2.24) is 10.2 Å². The van der Waals surface area contributed by atoms with Crippen LogP contribution in [0.4, 0.5) is 5.69 Å². The highest BCUT2D eigenvalue weighted by Gasteiger charge is 2.33. The maximum Gasteiger partial charge on any atom is 0.264 e. The van der Waals surface area contributed by atoms with E-state index in [2.05, 4.69) is 5.32 Å². The van der Waals surface area contributed by atoms with Gasteiger partial charge < -0.3 is 10.2 Å². The van der Waals surface area contributed by atoms with Crippen molar-refractivity contribution in [2.45, 2.75) is 50.6 Å². The number of amides is 2. The van der Waals surface area contributed by atoms with Gasteiger partial charge in [-0.2, -0.15) is 0 Å². The normalized spacial score (nSPS) is 12.0. The first-order valence-electron chi connectivity index (χ1n) is 12.9. The number of hydrogen-bond donors (Lipinski definition) is 1. The van der Waals surface area contributed by atoms with Crippen molar-refractivity contribution in [3.8, 4) is 0 Å². The molecule has 0 radical (unpaired) electrons. The summed E-state index contributed by atoms with van der Waals surface area (Å²) in [7, 11) is -4.21. The lowest BCUT2D eigenvalue weighted by molar-refractivity contribution is -0.140.